The third-order valence-corrected chi connectivity index (χ3v) is 4.18. The van der Waals surface area contributed by atoms with E-state index in [-0.39, 0.29) is 6.03 Å². The van der Waals surface area contributed by atoms with Crippen LogP contribution >= 0.6 is 0 Å². The van der Waals surface area contributed by atoms with Gasteiger partial charge in [0.25, 0.3) is 0 Å². The van der Waals surface area contributed by atoms with Crippen molar-refractivity contribution < 1.29 is 4.79 Å². The molecule has 136 valence electrons. The van der Waals surface area contributed by atoms with Crippen molar-refractivity contribution in [2.75, 3.05) is 11.9 Å². The topological polar surface area (TPSA) is 32.3 Å². The fourth-order valence-electron chi connectivity index (χ4n) is 2.91. The zero-order valence-corrected chi connectivity index (χ0v) is 15.5. The summed E-state index contributed by atoms with van der Waals surface area (Å²) in [5.41, 5.74) is 4.16. The van der Waals surface area contributed by atoms with Crippen LogP contribution in [-0.4, -0.2) is 17.5 Å². The predicted octanol–water partition coefficient (Wildman–Crippen LogP) is 5.82. The maximum Gasteiger partial charge on any atom is 0.322 e. The van der Waals surface area contributed by atoms with Crippen LogP contribution in [0.4, 0.5) is 10.5 Å². The molecule has 0 fully saturated rings. The summed E-state index contributed by atoms with van der Waals surface area (Å²) in [6.45, 7) is 3.17. The van der Waals surface area contributed by atoms with E-state index in [9.17, 15) is 4.79 Å². The smallest absolute Gasteiger partial charge is 0.316 e. The molecule has 0 spiro atoms. The predicted molar refractivity (Wildman–Crippen MR) is 112 cm³/mol. The maximum absolute atomic E-state index is 12.9. The molecule has 0 atom stereocenters. The average molecular weight is 356 g/mol. The molecule has 3 heteroatoms. The summed E-state index contributed by atoms with van der Waals surface area (Å²) in [6.07, 6.45) is 2.12. The fraction of sp³-hybridized carbons (Fsp3) is 0.125. The third-order valence-electron chi connectivity index (χ3n) is 4.18. The molecular weight excluding hydrogens is 332 g/mol. The molecule has 0 unspecified atom stereocenters. The van der Waals surface area contributed by atoms with Gasteiger partial charge in [-0.1, -0.05) is 90.5 Å². The van der Waals surface area contributed by atoms with E-state index < -0.39 is 0 Å². The van der Waals surface area contributed by atoms with Gasteiger partial charge < -0.3 is 10.2 Å². The van der Waals surface area contributed by atoms with Crippen molar-refractivity contribution in [3.63, 3.8) is 0 Å². The number of anilines is 1. The van der Waals surface area contributed by atoms with Crippen molar-refractivity contribution in [1.29, 1.82) is 0 Å². The number of amides is 2. The molecule has 0 aliphatic carbocycles. The lowest BCUT2D eigenvalue weighted by Crippen LogP contribution is -2.35. The van der Waals surface area contributed by atoms with Gasteiger partial charge in [-0.25, -0.2) is 4.79 Å². The molecule has 0 radical (unpaired) electrons. The number of hydrogen-bond acceptors (Lipinski definition) is 1. The van der Waals surface area contributed by atoms with Crippen LogP contribution in [0.25, 0.3) is 6.08 Å². The molecule has 0 aromatic heterocycles. The minimum atomic E-state index is -0.106. The molecule has 3 nitrogen and oxygen atoms in total. The van der Waals surface area contributed by atoms with Crippen LogP contribution in [0, 0.1) is 0 Å². The minimum Gasteiger partial charge on any atom is -0.316 e. The van der Waals surface area contributed by atoms with Gasteiger partial charge in [-0.15, -0.1) is 0 Å². The van der Waals surface area contributed by atoms with E-state index in [0.29, 0.717) is 13.1 Å². The van der Waals surface area contributed by atoms with Gasteiger partial charge in [0.1, 0.15) is 0 Å². The third kappa shape index (κ3) is 5.86. The molecule has 3 aromatic rings. The van der Waals surface area contributed by atoms with Gasteiger partial charge in [-0.2, -0.15) is 0 Å². The van der Waals surface area contributed by atoms with Gasteiger partial charge in [0.2, 0.25) is 0 Å². The summed E-state index contributed by atoms with van der Waals surface area (Å²) in [6, 6.07) is 29.7. The number of para-hydroxylation sites is 1. The molecule has 0 aliphatic rings. The SMILES string of the molecule is C/C(=C\c1ccccc1)CN(Cc1ccccc1)C(=O)Nc1ccccc1. The number of urea groups is 1. The van der Waals surface area contributed by atoms with Gasteiger partial charge in [-0.3, -0.25) is 0 Å². The van der Waals surface area contributed by atoms with Crippen LogP contribution < -0.4 is 5.32 Å². The quantitative estimate of drug-likeness (QED) is 0.592. The van der Waals surface area contributed by atoms with Crippen molar-refractivity contribution in [2.24, 2.45) is 0 Å². The number of nitrogens with one attached hydrogen (secondary N) is 1. The zero-order chi connectivity index (χ0) is 18.9. The Bertz CT molecular complexity index is 874. The normalized spacial score (nSPS) is 11.1. The van der Waals surface area contributed by atoms with E-state index in [1.807, 2.05) is 83.8 Å². The lowest BCUT2D eigenvalue weighted by Gasteiger charge is -2.24. The highest BCUT2D eigenvalue weighted by molar-refractivity contribution is 5.89. The van der Waals surface area contributed by atoms with E-state index in [1.54, 1.807) is 0 Å². The summed E-state index contributed by atoms with van der Waals surface area (Å²) in [4.78, 5) is 14.7. The molecule has 0 bridgehead atoms. The number of benzene rings is 3. The number of carbonyl (C=O) groups excluding carboxylic acids is 1. The Balaban J connectivity index is 1.76. The number of rotatable bonds is 6. The molecule has 27 heavy (non-hydrogen) atoms. The minimum absolute atomic E-state index is 0.106. The largest absolute Gasteiger partial charge is 0.322 e. The van der Waals surface area contributed by atoms with Crippen molar-refractivity contribution in [3.8, 4) is 0 Å². The van der Waals surface area contributed by atoms with E-state index in [1.165, 1.54) is 0 Å². The molecule has 0 saturated heterocycles. The number of nitrogens with zero attached hydrogens (tertiary/aromatic N) is 1. The zero-order valence-electron chi connectivity index (χ0n) is 15.5. The van der Waals surface area contributed by atoms with Crippen LogP contribution in [0.1, 0.15) is 18.1 Å². The van der Waals surface area contributed by atoms with Crippen molar-refractivity contribution >= 4 is 17.8 Å². The number of carbonyl (C=O) groups is 1. The Morgan fingerprint density at radius 2 is 1.41 bits per heavy atom. The Labute approximate surface area is 161 Å². The summed E-state index contributed by atoms with van der Waals surface area (Å²) in [5.74, 6) is 0. The van der Waals surface area contributed by atoms with Crippen molar-refractivity contribution in [3.05, 3.63) is 108 Å². The highest BCUT2D eigenvalue weighted by atomic mass is 16.2. The molecule has 1 N–H and O–H groups in total. The van der Waals surface area contributed by atoms with Crippen LogP contribution in [0.15, 0.2) is 96.6 Å². The van der Waals surface area contributed by atoms with Crippen molar-refractivity contribution in [1.82, 2.24) is 4.90 Å². The Morgan fingerprint density at radius 3 is 2.04 bits per heavy atom. The first-order chi connectivity index (χ1) is 13.2. The first kappa shape index (κ1) is 18.5. The molecule has 0 heterocycles. The lowest BCUT2D eigenvalue weighted by atomic mass is 10.1. The average Bonchev–Trinajstić information content (AvgIpc) is 2.70. The Hall–Kier alpha value is -3.33. The molecular formula is C24H24N2O. The van der Waals surface area contributed by atoms with Gasteiger partial charge in [-0.05, 0) is 30.2 Å². The molecule has 0 saturated carbocycles. The number of hydrogen-bond donors (Lipinski definition) is 1. The monoisotopic (exact) mass is 356 g/mol. The van der Waals surface area contributed by atoms with E-state index >= 15 is 0 Å². The van der Waals surface area contributed by atoms with Crippen LogP contribution in [0.5, 0.6) is 0 Å². The second-order valence-electron chi connectivity index (χ2n) is 6.54. The van der Waals surface area contributed by atoms with Gasteiger partial charge in [0.15, 0.2) is 0 Å². The van der Waals surface area contributed by atoms with Gasteiger partial charge in [0, 0.05) is 18.8 Å². The molecule has 3 rings (SSSR count). The maximum atomic E-state index is 12.9. The standard InChI is InChI=1S/C24H24N2O/c1-20(17-21-11-5-2-6-12-21)18-26(19-22-13-7-3-8-14-22)24(27)25-23-15-9-4-10-16-23/h2-17H,18-19H2,1H3,(H,25,27)/b20-17+. The lowest BCUT2D eigenvalue weighted by molar-refractivity contribution is 0.214. The molecule has 3 aromatic carbocycles. The fourth-order valence-corrected chi connectivity index (χ4v) is 2.91. The van der Waals surface area contributed by atoms with Gasteiger partial charge >= 0.3 is 6.03 Å². The Kier molecular flexibility index (Phi) is 6.42. The molecule has 2 amide bonds. The first-order valence-corrected chi connectivity index (χ1v) is 9.08. The summed E-state index contributed by atoms with van der Waals surface area (Å²) < 4.78 is 0. The summed E-state index contributed by atoms with van der Waals surface area (Å²) in [7, 11) is 0. The van der Waals surface area contributed by atoms with E-state index in [2.05, 4.69) is 30.4 Å². The van der Waals surface area contributed by atoms with E-state index in [0.717, 1.165) is 22.4 Å². The first-order valence-electron chi connectivity index (χ1n) is 9.08. The highest BCUT2D eigenvalue weighted by Gasteiger charge is 2.14. The summed E-state index contributed by atoms with van der Waals surface area (Å²) >= 11 is 0. The van der Waals surface area contributed by atoms with Crippen LogP contribution in [0.2, 0.25) is 0 Å². The Morgan fingerprint density at radius 1 is 0.852 bits per heavy atom. The molecule has 0 aliphatic heterocycles. The summed E-state index contributed by atoms with van der Waals surface area (Å²) in [5, 5.41) is 2.99. The van der Waals surface area contributed by atoms with E-state index in [4.69, 9.17) is 0 Å². The van der Waals surface area contributed by atoms with Crippen LogP contribution in [0.3, 0.4) is 0 Å². The van der Waals surface area contributed by atoms with Crippen LogP contribution in [-0.2, 0) is 6.54 Å². The van der Waals surface area contributed by atoms with Crippen molar-refractivity contribution in [2.45, 2.75) is 13.5 Å². The second-order valence-corrected chi connectivity index (χ2v) is 6.54. The highest BCUT2D eigenvalue weighted by Crippen LogP contribution is 2.13. The van der Waals surface area contributed by atoms with Gasteiger partial charge in [0.05, 0.1) is 0 Å². The second kappa shape index (κ2) is 9.39.